The van der Waals surface area contributed by atoms with Crippen molar-refractivity contribution in [2.75, 3.05) is 7.05 Å². The fraction of sp³-hybridized carbons (Fsp3) is 0.650. The van der Waals surface area contributed by atoms with E-state index in [1.54, 1.807) is 0 Å². The van der Waals surface area contributed by atoms with Crippen LogP contribution in [0.3, 0.4) is 0 Å². The summed E-state index contributed by atoms with van der Waals surface area (Å²) in [6.45, 7) is 12.4. The van der Waals surface area contributed by atoms with E-state index in [1.807, 2.05) is 45.2 Å². The lowest BCUT2D eigenvalue weighted by atomic mass is 9.95. The maximum atomic E-state index is 12.4. The predicted octanol–water partition coefficient (Wildman–Crippen LogP) is 4.56. The van der Waals surface area contributed by atoms with Crippen LogP contribution in [-0.2, 0) is 9.47 Å². The maximum absolute atomic E-state index is 12.4. The van der Waals surface area contributed by atoms with Gasteiger partial charge in [0.25, 0.3) is 0 Å². The van der Waals surface area contributed by atoms with Crippen molar-refractivity contribution in [3.8, 4) is 0 Å². The molecule has 0 saturated carbocycles. The van der Waals surface area contributed by atoms with Crippen LogP contribution in [0.5, 0.6) is 0 Å². The van der Waals surface area contributed by atoms with E-state index in [1.165, 1.54) is 5.56 Å². The standard InChI is InChI=1S/C20H33NO3/c1-13(2)12-18(23-15(5)6)24-20(22)17-10-8-16(9-11-17)19(21-7)14(3)4/h8-11,13-15,18-19,21H,12H2,1-7H3. The van der Waals surface area contributed by atoms with Gasteiger partial charge in [0.1, 0.15) is 0 Å². The number of carbonyl (C=O) groups is 1. The van der Waals surface area contributed by atoms with Gasteiger partial charge in [-0.2, -0.15) is 0 Å². The Morgan fingerprint density at radius 2 is 1.62 bits per heavy atom. The van der Waals surface area contributed by atoms with Gasteiger partial charge in [-0.15, -0.1) is 0 Å². The highest BCUT2D eigenvalue weighted by molar-refractivity contribution is 5.89. The van der Waals surface area contributed by atoms with E-state index >= 15 is 0 Å². The van der Waals surface area contributed by atoms with Gasteiger partial charge >= 0.3 is 5.97 Å². The smallest absolute Gasteiger partial charge is 0.340 e. The molecule has 0 aliphatic heterocycles. The molecule has 0 bridgehead atoms. The van der Waals surface area contributed by atoms with E-state index in [4.69, 9.17) is 9.47 Å². The molecule has 0 heterocycles. The molecule has 0 aliphatic carbocycles. The van der Waals surface area contributed by atoms with E-state index in [9.17, 15) is 4.79 Å². The average molecular weight is 335 g/mol. The Hall–Kier alpha value is -1.39. The van der Waals surface area contributed by atoms with Gasteiger partial charge in [-0.25, -0.2) is 4.79 Å². The molecule has 1 aromatic carbocycles. The van der Waals surface area contributed by atoms with Crippen molar-refractivity contribution in [3.63, 3.8) is 0 Å². The van der Waals surface area contributed by atoms with Gasteiger partial charge in [0.2, 0.25) is 6.29 Å². The Kier molecular flexibility index (Phi) is 8.43. The summed E-state index contributed by atoms with van der Waals surface area (Å²) < 4.78 is 11.3. The predicted molar refractivity (Wildman–Crippen MR) is 98.0 cm³/mol. The van der Waals surface area contributed by atoms with Crippen LogP contribution in [0.4, 0.5) is 0 Å². The fourth-order valence-electron chi connectivity index (χ4n) is 2.72. The normalized spacial score (nSPS) is 14.2. The molecule has 4 heteroatoms. The third kappa shape index (κ3) is 6.62. The minimum absolute atomic E-state index is 0.0198. The first-order valence-corrected chi connectivity index (χ1v) is 8.88. The van der Waals surface area contributed by atoms with E-state index in [0.29, 0.717) is 23.8 Å². The number of benzene rings is 1. The van der Waals surface area contributed by atoms with E-state index in [-0.39, 0.29) is 18.1 Å². The molecule has 2 atom stereocenters. The van der Waals surface area contributed by atoms with Gasteiger partial charge in [0.05, 0.1) is 11.7 Å². The van der Waals surface area contributed by atoms with Crippen molar-refractivity contribution in [1.29, 1.82) is 0 Å². The van der Waals surface area contributed by atoms with Crippen molar-refractivity contribution >= 4 is 5.97 Å². The summed E-state index contributed by atoms with van der Waals surface area (Å²) in [4.78, 5) is 12.4. The van der Waals surface area contributed by atoms with Crippen molar-refractivity contribution in [1.82, 2.24) is 5.32 Å². The number of ether oxygens (including phenoxy) is 2. The van der Waals surface area contributed by atoms with Crippen LogP contribution in [0.15, 0.2) is 24.3 Å². The SMILES string of the molecule is CNC(c1ccc(C(=O)OC(CC(C)C)OC(C)C)cc1)C(C)C. The molecule has 0 fully saturated rings. The lowest BCUT2D eigenvalue weighted by Crippen LogP contribution is -2.26. The van der Waals surface area contributed by atoms with E-state index < -0.39 is 6.29 Å². The number of hydrogen-bond acceptors (Lipinski definition) is 4. The molecule has 1 N–H and O–H groups in total. The number of hydrogen-bond donors (Lipinski definition) is 1. The first-order valence-electron chi connectivity index (χ1n) is 8.88. The molecular weight excluding hydrogens is 302 g/mol. The van der Waals surface area contributed by atoms with E-state index in [2.05, 4.69) is 33.0 Å². The summed E-state index contributed by atoms with van der Waals surface area (Å²) in [6, 6.07) is 7.89. The molecule has 1 rings (SSSR count). The molecule has 0 amide bonds. The lowest BCUT2D eigenvalue weighted by molar-refractivity contribution is -0.139. The molecule has 24 heavy (non-hydrogen) atoms. The number of esters is 1. The van der Waals surface area contributed by atoms with Gasteiger partial charge < -0.3 is 14.8 Å². The van der Waals surface area contributed by atoms with Crippen LogP contribution >= 0.6 is 0 Å². The lowest BCUT2D eigenvalue weighted by Gasteiger charge is -2.23. The molecule has 0 saturated heterocycles. The summed E-state index contributed by atoms with van der Waals surface area (Å²) in [6.07, 6.45) is 0.209. The summed E-state index contributed by atoms with van der Waals surface area (Å²) >= 11 is 0. The Balaban J connectivity index is 2.79. The minimum Gasteiger partial charge on any atom is -0.432 e. The second kappa shape index (κ2) is 9.80. The third-order valence-corrected chi connectivity index (χ3v) is 3.81. The summed E-state index contributed by atoms with van der Waals surface area (Å²) in [5, 5.41) is 3.31. The summed E-state index contributed by atoms with van der Waals surface area (Å²) in [5.74, 6) is 0.535. The van der Waals surface area contributed by atoms with E-state index in [0.717, 1.165) is 0 Å². The number of nitrogens with one attached hydrogen (secondary N) is 1. The Labute approximate surface area is 146 Å². The highest BCUT2D eigenvalue weighted by Gasteiger charge is 2.20. The van der Waals surface area contributed by atoms with Gasteiger partial charge in [-0.05, 0) is 50.4 Å². The van der Waals surface area contributed by atoms with Crippen molar-refractivity contribution in [2.45, 2.75) is 66.4 Å². The van der Waals surface area contributed by atoms with Gasteiger partial charge in [-0.3, -0.25) is 0 Å². The van der Waals surface area contributed by atoms with Gasteiger partial charge in [-0.1, -0.05) is 39.8 Å². The highest BCUT2D eigenvalue weighted by atomic mass is 16.7. The highest BCUT2D eigenvalue weighted by Crippen LogP contribution is 2.22. The van der Waals surface area contributed by atoms with Crippen LogP contribution < -0.4 is 5.32 Å². The Morgan fingerprint density at radius 1 is 1.04 bits per heavy atom. The monoisotopic (exact) mass is 335 g/mol. The minimum atomic E-state index is -0.502. The molecule has 0 radical (unpaired) electrons. The number of rotatable bonds is 9. The Bertz CT molecular complexity index is 484. The van der Waals surface area contributed by atoms with Crippen LogP contribution in [0, 0.1) is 11.8 Å². The second-order valence-electron chi connectivity index (χ2n) is 7.28. The quantitative estimate of drug-likeness (QED) is 0.531. The maximum Gasteiger partial charge on any atom is 0.340 e. The van der Waals surface area contributed by atoms with Crippen LogP contribution in [-0.4, -0.2) is 25.4 Å². The topological polar surface area (TPSA) is 47.6 Å². The molecule has 2 unspecified atom stereocenters. The first kappa shape index (κ1) is 20.7. The van der Waals surface area contributed by atoms with Crippen molar-refractivity contribution in [2.24, 2.45) is 11.8 Å². The summed E-state index contributed by atoms with van der Waals surface area (Å²) in [7, 11) is 1.95. The number of carbonyl (C=O) groups excluding carboxylic acids is 1. The molecule has 136 valence electrons. The van der Waals surface area contributed by atoms with Gasteiger partial charge in [0, 0.05) is 12.5 Å². The van der Waals surface area contributed by atoms with Crippen molar-refractivity contribution in [3.05, 3.63) is 35.4 Å². The Morgan fingerprint density at radius 3 is 2.04 bits per heavy atom. The molecule has 0 aromatic heterocycles. The first-order chi connectivity index (χ1) is 11.2. The zero-order valence-electron chi connectivity index (χ0n) is 16.1. The van der Waals surface area contributed by atoms with Crippen LogP contribution in [0.1, 0.15) is 69.9 Å². The van der Waals surface area contributed by atoms with Crippen LogP contribution in [0.2, 0.25) is 0 Å². The largest absolute Gasteiger partial charge is 0.432 e. The molecule has 0 spiro atoms. The zero-order chi connectivity index (χ0) is 18.3. The van der Waals surface area contributed by atoms with Crippen molar-refractivity contribution < 1.29 is 14.3 Å². The second-order valence-corrected chi connectivity index (χ2v) is 7.28. The third-order valence-electron chi connectivity index (χ3n) is 3.81. The molecule has 0 aliphatic rings. The summed E-state index contributed by atoms with van der Waals surface area (Å²) in [5.41, 5.74) is 1.72. The van der Waals surface area contributed by atoms with Crippen LogP contribution in [0.25, 0.3) is 0 Å². The average Bonchev–Trinajstić information content (AvgIpc) is 2.46. The van der Waals surface area contributed by atoms with Gasteiger partial charge in [0.15, 0.2) is 0 Å². The molecular formula is C20H33NO3. The molecule has 1 aromatic rings. The molecule has 4 nitrogen and oxygen atoms in total. The fourth-order valence-corrected chi connectivity index (χ4v) is 2.72. The zero-order valence-corrected chi connectivity index (χ0v) is 16.1.